The summed E-state index contributed by atoms with van der Waals surface area (Å²) in [7, 11) is 0. The molecule has 198 valence electrons. The number of phenols is 1. The molecule has 1 fully saturated rings. The Morgan fingerprint density at radius 1 is 0.825 bits per heavy atom. The number of phenolic OH excluding ortho intramolecular Hbond substituents is 1. The van der Waals surface area contributed by atoms with Crippen LogP contribution < -0.4 is 4.90 Å². The van der Waals surface area contributed by atoms with E-state index < -0.39 is 23.7 Å². The molecular formula is C32H21Br2NO5. The summed E-state index contributed by atoms with van der Waals surface area (Å²) in [5.74, 6) is -3.14. The van der Waals surface area contributed by atoms with Gasteiger partial charge < -0.3 is 5.11 Å². The second-order valence-corrected chi connectivity index (χ2v) is 12.4. The molecule has 1 saturated heterocycles. The van der Waals surface area contributed by atoms with Crippen LogP contribution in [0.5, 0.6) is 5.75 Å². The highest BCUT2D eigenvalue weighted by molar-refractivity contribution is 9.12. The number of hydrogen-bond donors (Lipinski definition) is 1. The Hall–Kier alpha value is -3.62. The quantitative estimate of drug-likeness (QED) is 0.199. The van der Waals surface area contributed by atoms with E-state index in [0.29, 0.717) is 28.6 Å². The third-order valence-electron chi connectivity index (χ3n) is 8.66. The summed E-state index contributed by atoms with van der Waals surface area (Å²) in [5, 5.41) is 12.0. The van der Waals surface area contributed by atoms with Crippen LogP contribution in [0, 0.1) is 17.8 Å². The summed E-state index contributed by atoms with van der Waals surface area (Å²) in [6, 6.07) is 17.9. The largest absolute Gasteiger partial charge is 0.507 e. The number of anilines is 1. The monoisotopic (exact) mass is 657 g/mol. The first-order valence-electron chi connectivity index (χ1n) is 13.0. The fourth-order valence-electron chi connectivity index (χ4n) is 6.96. The number of Topliss-reactive ketones (excluding diaryl/α,β-unsaturated/α-hetero) is 1. The molecule has 8 heteroatoms. The second kappa shape index (κ2) is 9.21. The topological polar surface area (TPSA) is 91.8 Å². The minimum atomic E-state index is -0.649. The zero-order valence-corrected chi connectivity index (χ0v) is 24.1. The maximum absolute atomic E-state index is 14.0. The number of benzene rings is 3. The van der Waals surface area contributed by atoms with Crippen LogP contribution in [-0.2, 0) is 19.2 Å². The summed E-state index contributed by atoms with van der Waals surface area (Å²) < 4.78 is 1.03. The van der Waals surface area contributed by atoms with Crippen molar-refractivity contribution in [2.75, 3.05) is 4.90 Å². The lowest BCUT2D eigenvalue weighted by atomic mass is 9.59. The van der Waals surface area contributed by atoms with Crippen LogP contribution >= 0.6 is 31.9 Å². The van der Waals surface area contributed by atoms with Gasteiger partial charge in [0.25, 0.3) is 0 Å². The molecule has 2 amide bonds. The van der Waals surface area contributed by atoms with Crippen molar-refractivity contribution in [2.45, 2.75) is 18.8 Å². The first-order valence-corrected chi connectivity index (χ1v) is 14.6. The molecule has 0 saturated carbocycles. The van der Waals surface area contributed by atoms with Crippen LogP contribution in [0.25, 0.3) is 10.8 Å². The summed E-state index contributed by atoms with van der Waals surface area (Å²) in [5.41, 5.74) is 2.96. The van der Waals surface area contributed by atoms with Crippen molar-refractivity contribution in [3.05, 3.63) is 104 Å². The molecule has 4 aliphatic rings. The second-order valence-electron chi connectivity index (χ2n) is 10.6. The van der Waals surface area contributed by atoms with E-state index in [9.17, 15) is 24.3 Å². The fourth-order valence-corrected chi connectivity index (χ4v) is 7.68. The van der Waals surface area contributed by atoms with E-state index in [-0.39, 0.29) is 40.0 Å². The Morgan fingerprint density at radius 3 is 2.30 bits per heavy atom. The minimum absolute atomic E-state index is 0.119. The van der Waals surface area contributed by atoms with Gasteiger partial charge in [-0.05, 0) is 76.0 Å². The van der Waals surface area contributed by atoms with Crippen molar-refractivity contribution in [3.63, 3.8) is 0 Å². The van der Waals surface area contributed by atoms with Gasteiger partial charge in [0.05, 0.1) is 22.0 Å². The lowest BCUT2D eigenvalue weighted by molar-refractivity contribution is -0.123. The standard InChI is InChI=1S/C32H21Br2NO5/c33-15-5-7-16(8-6-15)35-31(39)21-10-9-20-22(28(21)32(35)40)13-23-29(26(37)14-24(34)30(23)38)27(20)19-11-12-25(36)18-4-2-1-3-17(18)19/h1-9,11-12,14,21-22,27-28,36H,10,13H2. The first-order chi connectivity index (χ1) is 19.3. The van der Waals surface area contributed by atoms with Crippen LogP contribution in [-0.4, -0.2) is 28.5 Å². The van der Waals surface area contributed by atoms with E-state index in [1.807, 2.05) is 30.3 Å². The maximum atomic E-state index is 14.0. The molecule has 1 N–H and O–H groups in total. The molecule has 3 aromatic carbocycles. The number of hydrogen-bond acceptors (Lipinski definition) is 5. The van der Waals surface area contributed by atoms with E-state index in [1.165, 1.54) is 11.0 Å². The van der Waals surface area contributed by atoms with Crippen LogP contribution in [0.1, 0.15) is 24.3 Å². The van der Waals surface area contributed by atoms with E-state index >= 15 is 0 Å². The van der Waals surface area contributed by atoms with E-state index in [1.54, 1.807) is 36.4 Å². The van der Waals surface area contributed by atoms with Crippen molar-refractivity contribution in [1.29, 1.82) is 0 Å². The van der Waals surface area contributed by atoms with Crippen LogP contribution in [0.4, 0.5) is 5.69 Å². The molecular weight excluding hydrogens is 638 g/mol. The van der Waals surface area contributed by atoms with E-state index in [4.69, 9.17) is 0 Å². The highest BCUT2D eigenvalue weighted by Gasteiger charge is 2.56. The van der Waals surface area contributed by atoms with E-state index in [2.05, 4.69) is 31.9 Å². The van der Waals surface area contributed by atoms with Gasteiger partial charge in [-0.15, -0.1) is 0 Å². The number of ketones is 2. The summed E-state index contributed by atoms with van der Waals surface area (Å²) >= 11 is 6.67. The molecule has 4 unspecified atom stereocenters. The van der Waals surface area contributed by atoms with Gasteiger partial charge in [-0.25, -0.2) is 0 Å². The molecule has 1 heterocycles. The Morgan fingerprint density at radius 2 is 1.55 bits per heavy atom. The van der Waals surface area contributed by atoms with Gasteiger partial charge in [0.2, 0.25) is 11.8 Å². The van der Waals surface area contributed by atoms with Gasteiger partial charge >= 0.3 is 0 Å². The number of fused-ring (bicyclic) bond motifs is 4. The molecule has 0 spiro atoms. The maximum Gasteiger partial charge on any atom is 0.238 e. The van der Waals surface area contributed by atoms with Gasteiger partial charge in [-0.2, -0.15) is 0 Å². The lowest BCUT2D eigenvalue weighted by Gasteiger charge is -2.42. The van der Waals surface area contributed by atoms with Crippen molar-refractivity contribution in [2.24, 2.45) is 17.8 Å². The normalized spacial score (nSPS) is 26.0. The number of amides is 2. The number of carbonyl (C=O) groups is 4. The van der Waals surface area contributed by atoms with Gasteiger partial charge in [0.1, 0.15) is 5.75 Å². The summed E-state index contributed by atoms with van der Waals surface area (Å²) in [6.07, 6.45) is 3.90. The van der Waals surface area contributed by atoms with Crippen molar-refractivity contribution >= 4 is 71.7 Å². The lowest BCUT2D eigenvalue weighted by Crippen LogP contribution is -2.39. The number of nitrogens with zero attached hydrogens (tertiary/aromatic N) is 1. The molecule has 40 heavy (non-hydrogen) atoms. The van der Waals surface area contributed by atoms with Gasteiger partial charge in [0.15, 0.2) is 11.6 Å². The Labute approximate surface area is 246 Å². The predicted octanol–water partition coefficient (Wildman–Crippen LogP) is 6.27. The molecule has 4 atom stereocenters. The Kier molecular flexibility index (Phi) is 5.84. The molecule has 6 nitrogen and oxygen atoms in total. The average molecular weight is 659 g/mol. The molecule has 7 rings (SSSR count). The molecule has 0 bridgehead atoms. The first kappa shape index (κ1) is 25.4. The summed E-state index contributed by atoms with van der Waals surface area (Å²) in [6.45, 7) is 0. The molecule has 0 aromatic heterocycles. The van der Waals surface area contributed by atoms with Crippen LogP contribution in [0.3, 0.4) is 0 Å². The number of carbonyl (C=O) groups excluding carboxylic acids is 4. The molecule has 0 radical (unpaired) electrons. The smallest absolute Gasteiger partial charge is 0.238 e. The summed E-state index contributed by atoms with van der Waals surface area (Å²) in [4.78, 5) is 55.9. The van der Waals surface area contributed by atoms with Crippen molar-refractivity contribution < 1.29 is 24.3 Å². The molecule has 3 aromatic rings. The van der Waals surface area contributed by atoms with Gasteiger partial charge in [-0.3, -0.25) is 24.1 Å². The van der Waals surface area contributed by atoms with Crippen LogP contribution in [0.15, 0.2) is 98.5 Å². The Balaban J connectivity index is 1.41. The molecule has 1 aliphatic heterocycles. The number of aromatic hydroxyl groups is 1. The van der Waals surface area contributed by atoms with Gasteiger partial charge in [0, 0.05) is 33.0 Å². The number of rotatable bonds is 2. The third kappa shape index (κ3) is 3.58. The highest BCUT2D eigenvalue weighted by atomic mass is 79.9. The highest BCUT2D eigenvalue weighted by Crippen LogP contribution is 2.56. The van der Waals surface area contributed by atoms with Crippen molar-refractivity contribution in [1.82, 2.24) is 0 Å². The zero-order chi connectivity index (χ0) is 27.9. The number of allylic oxidation sites excluding steroid dienone is 6. The zero-order valence-electron chi connectivity index (χ0n) is 20.9. The molecule has 3 aliphatic carbocycles. The Bertz CT molecular complexity index is 1780. The van der Waals surface area contributed by atoms with Gasteiger partial charge in [-0.1, -0.05) is 57.9 Å². The third-order valence-corrected chi connectivity index (χ3v) is 9.78. The SMILES string of the molecule is O=C1C=C(Br)C(=O)C2=C1C(c1ccc(O)c3ccccc13)C1=CCC3C(=O)N(c4ccc(Br)cc4)C(=O)C3C1C2. The van der Waals surface area contributed by atoms with Crippen molar-refractivity contribution in [3.8, 4) is 5.75 Å². The van der Waals surface area contributed by atoms with E-state index in [0.717, 1.165) is 21.0 Å². The average Bonchev–Trinajstić information content (AvgIpc) is 3.21. The van der Waals surface area contributed by atoms with Crippen LogP contribution in [0.2, 0.25) is 0 Å². The fraction of sp³-hybridized carbons (Fsp3) is 0.188. The number of imide groups is 1. The predicted molar refractivity (Wildman–Crippen MR) is 157 cm³/mol. The minimum Gasteiger partial charge on any atom is -0.507 e. The number of halogens is 2.